The quantitative estimate of drug-likeness (QED) is 0.0597. The number of esters is 2. The van der Waals surface area contributed by atoms with Gasteiger partial charge in [0, 0.05) is 19.4 Å². The fourth-order valence-electron chi connectivity index (χ4n) is 16.8. The molecule has 0 amide bonds. The van der Waals surface area contributed by atoms with Crippen molar-refractivity contribution in [3.05, 3.63) is 23.3 Å². The van der Waals surface area contributed by atoms with Gasteiger partial charge >= 0.3 is 22.3 Å². The minimum atomic E-state index is -5.13. The second-order valence-electron chi connectivity index (χ2n) is 26.1. The number of aliphatic hydroxyl groups is 8. The van der Waals surface area contributed by atoms with Gasteiger partial charge in [0.1, 0.15) is 85.0 Å². The van der Waals surface area contributed by atoms with E-state index < -0.39 is 180 Å². The largest absolute Gasteiger partial charge is 0.462 e. The fourth-order valence-corrected chi connectivity index (χ4v) is 17.2. The molecule has 9 aliphatic rings. The summed E-state index contributed by atoms with van der Waals surface area (Å²) in [6.45, 7) is 16.2. The lowest BCUT2D eigenvalue weighted by molar-refractivity contribution is -0.359. The van der Waals surface area contributed by atoms with Crippen LogP contribution in [-0.4, -0.2) is 215 Å². The maximum Gasteiger partial charge on any atom is 0.397 e. The molecule has 1 spiro atoms. The third-order valence-corrected chi connectivity index (χ3v) is 21.1. The number of hydrogen-bond donors (Lipinski definition) is 9. The molecule has 0 aromatic heterocycles. The van der Waals surface area contributed by atoms with Crippen molar-refractivity contribution in [3.8, 4) is 0 Å². The van der Waals surface area contributed by atoms with Gasteiger partial charge in [-0.2, -0.15) is 8.42 Å². The molecule has 8 fully saturated rings. The van der Waals surface area contributed by atoms with Crippen LogP contribution in [-0.2, 0) is 71.5 Å². The number of aliphatic hydroxyl groups excluding tert-OH is 8. The van der Waals surface area contributed by atoms with Gasteiger partial charge in [-0.15, -0.1) is 0 Å². The lowest BCUT2D eigenvalue weighted by atomic mass is 9.41. The van der Waals surface area contributed by atoms with Gasteiger partial charge in [-0.05, 0) is 107 Å². The van der Waals surface area contributed by atoms with Crippen LogP contribution in [0.4, 0.5) is 0 Å². The molecule has 25 heteroatoms. The van der Waals surface area contributed by atoms with E-state index in [4.69, 9.17) is 51.6 Å². The summed E-state index contributed by atoms with van der Waals surface area (Å²) < 4.78 is 99.0. The number of ether oxygens (including phenoxy) is 10. The molecule has 0 radical (unpaired) electrons. The third-order valence-electron chi connectivity index (χ3n) is 20.7. The number of carbonyl (C=O) groups excluding carboxylic acids is 2. The standard InChI is InChI=1S/C56H88O24S/c1-25(2)12-11-17-55(9)47-32(73-27(4)58)21-54(8)29-13-14-35-52(5,6)36(16-18-53(35,7)28(29)15-19-56(47,54)51(66)79-55)76-50-46(39(62)34(24-72-50)80-81(67,68)69)74-31-20-26(3)43(40(63)37(31)60)77-48-41(64)44(30(59)23-71-48)78-49-42(65)45(70-10)38(61)33(22-57)75-49/h12-13,26,28,30-50,57,59-65H,11,14-24H2,1-10H3,(H,67,68,69)/t26-,28+,30+,31+,32-,33+,34+,35-,36-,37-,38+,39-,40+,41+,42+,43+,44-,45-,46+,47+,48-,49-,50-,53+,54-,55-,56+/m0/s1. The Labute approximate surface area is 473 Å². The Bertz CT molecular complexity index is 2460. The van der Waals surface area contributed by atoms with E-state index >= 15 is 0 Å². The van der Waals surface area contributed by atoms with Crippen LogP contribution >= 0.6 is 0 Å². The first kappa shape index (κ1) is 63.2. The predicted octanol–water partition coefficient (Wildman–Crippen LogP) is 1.28. The van der Waals surface area contributed by atoms with Crippen LogP contribution < -0.4 is 0 Å². The smallest absolute Gasteiger partial charge is 0.397 e. The van der Waals surface area contributed by atoms with Gasteiger partial charge in [0.2, 0.25) is 0 Å². The van der Waals surface area contributed by atoms with E-state index in [1.54, 1.807) is 6.92 Å². The average Bonchev–Trinajstić information content (AvgIpc) is 1.74. The highest BCUT2D eigenvalue weighted by molar-refractivity contribution is 7.80. The third kappa shape index (κ3) is 11.1. The van der Waals surface area contributed by atoms with E-state index in [0.29, 0.717) is 51.4 Å². The molecular weight excluding hydrogens is 1090 g/mol. The molecule has 24 nitrogen and oxygen atoms in total. The van der Waals surface area contributed by atoms with Crippen molar-refractivity contribution in [1.82, 2.24) is 0 Å². The van der Waals surface area contributed by atoms with Gasteiger partial charge in [-0.25, -0.2) is 4.18 Å². The van der Waals surface area contributed by atoms with Gasteiger partial charge < -0.3 is 88.2 Å². The van der Waals surface area contributed by atoms with Crippen LogP contribution in [0.1, 0.15) is 120 Å². The number of rotatable bonds is 16. The van der Waals surface area contributed by atoms with Gasteiger partial charge in [0.25, 0.3) is 0 Å². The van der Waals surface area contributed by atoms with E-state index in [1.165, 1.54) is 25.2 Å². The van der Waals surface area contributed by atoms with Crippen molar-refractivity contribution in [2.24, 2.45) is 45.3 Å². The van der Waals surface area contributed by atoms with Gasteiger partial charge in [0.05, 0.1) is 49.5 Å². The zero-order valence-electron chi connectivity index (χ0n) is 48.0. The first-order valence-corrected chi connectivity index (χ1v) is 30.0. The number of fused-ring (bicyclic) bond motifs is 4. The highest BCUT2D eigenvalue weighted by Crippen LogP contribution is 2.77. The Morgan fingerprint density at radius 2 is 1.46 bits per heavy atom. The molecule has 462 valence electrons. The number of methoxy groups -OCH3 is 1. The maximum absolute atomic E-state index is 14.7. The van der Waals surface area contributed by atoms with Crippen molar-refractivity contribution in [3.63, 3.8) is 0 Å². The lowest BCUT2D eigenvalue weighted by Gasteiger charge is -2.64. The monoisotopic (exact) mass is 1180 g/mol. The normalized spacial score (nSPS) is 49.5. The summed E-state index contributed by atoms with van der Waals surface area (Å²) in [6.07, 6.45) is -17.9. The summed E-state index contributed by atoms with van der Waals surface area (Å²) in [7, 11) is -3.91. The Hall–Kier alpha value is -2.35. The van der Waals surface area contributed by atoms with Gasteiger partial charge in [-0.3, -0.25) is 14.1 Å². The van der Waals surface area contributed by atoms with Crippen molar-refractivity contribution in [2.75, 3.05) is 26.9 Å². The Morgan fingerprint density at radius 3 is 2.11 bits per heavy atom. The molecule has 9 rings (SSSR count). The van der Waals surface area contributed by atoms with E-state index in [1.807, 2.05) is 20.8 Å². The molecule has 27 atom stereocenters. The zero-order valence-corrected chi connectivity index (χ0v) is 48.8. The molecule has 0 aromatic rings. The van der Waals surface area contributed by atoms with E-state index in [9.17, 15) is 63.4 Å². The topological polar surface area (TPSA) is 352 Å². The zero-order chi connectivity index (χ0) is 59.3. The molecule has 0 bridgehead atoms. The van der Waals surface area contributed by atoms with Crippen LogP contribution in [0.2, 0.25) is 0 Å². The molecule has 9 N–H and O–H groups in total. The number of carbonyl (C=O) groups is 2. The van der Waals surface area contributed by atoms with E-state index in [0.717, 1.165) is 0 Å². The molecule has 0 unspecified atom stereocenters. The van der Waals surface area contributed by atoms with Crippen LogP contribution in [0, 0.1) is 45.3 Å². The van der Waals surface area contributed by atoms with E-state index in [-0.39, 0.29) is 35.6 Å². The van der Waals surface area contributed by atoms with Crippen LogP contribution in [0.25, 0.3) is 0 Å². The molecule has 5 aliphatic carbocycles. The van der Waals surface area contributed by atoms with Gasteiger partial charge in [-0.1, -0.05) is 57.9 Å². The minimum absolute atomic E-state index is 0.0117. The second-order valence-corrected chi connectivity index (χ2v) is 27.2. The fraction of sp³-hybridized carbons (Fsp3) is 0.893. The minimum Gasteiger partial charge on any atom is -0.462 e. The molecular formula is C56H88O24S. The summed E-state index contributed by atoms with van der Waals surface area (Å²) in [6, 6.07) is 0. The predicted molar refractivity (Wildman–Crippen MR) is 279 cm³/mol. The summed E-state index contributed by atoms with van der Waals surface area (Å²) >= 11 is 0. The summed E-state index contributed by atoms with van der Waals surface area (Å²) in [5.74, 6) is -1.60. The van der Waals surface area contributed by atoms with Crippen molar-refractivity contribution < 1.29 is 115 Å². The van der Waals surface area contributed by atoms with Gasteiger partial charge in [0.15, 0.2) is 18.9 Å². The van der Waals surface area contributed by atoms with Crippen molar-refractivity contribution >= 4 is 22.3 Å². The lowest BCUT2D eigenvalue weighted by Crippen LogP contribution is -2.64. The highest BCUT2D eigenvalue weighted by Gasteiger charge is 2.79. The summed E-state index contributed by atoms with van der Waals surface area (Å²) in [5, 5.41) is 88.7. The molecule has 4 aliphatic heterocycles. The number of allylic oxidation sites excluding steroid dienone is 4. The summed E-state index contributed by atoms with van der Waals surface area (Å²) in [5.41, 5.74) is -0.922. The van der Waals surface area contributed by atoms with Crippen molar-refractivity contribution in [1.29, 1.82) is 0 Å². The van der Waals surface area contributed by atoms with Crippen LogP contribution in [0.5, 0.6) is 0 Å². The first-order valence-electron chi connectivity index (χ1n) is 28.7. The number of hydrogen-bond acceptors (Lipinski definition) is 23. The summed E-state index contributed by atoms with van der Waals surface area (Å²) in [4.78, 5) is 27.4. The molecule has 81 heavy (non-hydrogen) atoms. The van der Waals surface area contributed by atoms with E-state index in [2.05, 4.69) is 39.8 Å². The second kappa shape index (κ2) is 23.4. The molecule has 4 saturated heterocycles. The molecule has 0 aromatic carbocycles. The Morgan fingerprint density at radius 1 is 0.778 bits per heavy atom. The SMILES string of the molecule is CO[C@@H]1[C@@H](O)[C@H](O[C@@H]2[C@@H](O)[C@H](O[C@H]3[C@H](O)[C@@H](O)[C@H](O[C@H]4[C@H](O[C@H]5CC[C@]6(C)[C@@H]7CC[C@]89C(=O)O[C@@](C)(CCC=C(C)C)[C@H]8[C@@H](OC(C)=O)C[C@@]9(C)C7=CC[C@H]6C5(C)C)OC[C@@H](OS(=O)(=O)O)[C@@H]4O)C[C@@H]3C)OC[C@H]2O)O[C@H](CO)[C@H]1O. The molecule has 4 saturated carbocycles. The Balaban J connectivity index is 0.908. The maximum atomic E-state index is 14.7. The number of cyclic esters (lactones) is 1. The van der Waals surface area contributed by atoms with Crippen LogP contribution in [0.3, 0.4) is 0 Å². The molecule has 4 heterocycles. The average molecular weight is 1180 g/mol. The first-order chi connectivity index (χ1) is 37.9. The van der Waals surface area contributed by atoms with Crippen LogP contribution in [0.15, 0.2) is 23.3 Å². The highest BCUT2D eigenvalue weighted by atomic mass is 32.3. The Kier molecular flexibility index (Phi) is 18.2. The van der Waals surface area contributed by atoms with Crippen molar-refractivity contribution in [2.45, 2.75) is 242 Å².